The van der Waals surface area contributed by atoms with Gasteiger partial charge in [0.2, 0.25) is 11.0 Å². The summed E-state index contributed by atoms with van der Waals surface area (Å²) in [5.41, 5.74) is 2.14. The van der Waals surface area contributed by atoms with E-state index in [2.05, 4.69) is 15.5 Å². The third-order valence-corrected chi connectivity index (χ3v) is 6.31. The standard InChI is InChI=1S/C21H24N4O3S2/c1-25(13-16-5-4-6-18(11-16)28-3)19(26)14-29-21-24-23-20(30-21)22-12-15-7-9-17(27-2)10-8-15/h4-11H,12-14H2,1-3H3,(H,22,23). The van der Waals surface area contributed by atoms with E-state index in [1.165, 1.54) is 23.1 Å². The van der Waals surface area contributed by atoms with E-state index in [4.69, 9.17) is 9.47 Å². The number of carbonyl (C=O) groups is 1. The summed E-state index contributed by atoms with van der Waals surface area (Å²) in [4.78, 5) is 14.1. The Morgan fingerprint density at radius 1 is 1.07 bits per heavy atom. The van der Waals surface area contributed by atoms with Crippen molar-refractivity contribution in [1.82, 2.24) is 15.1 Å². The Hall–Kier alpha value is -2.78. The molecule has 1 heterocycles. The molecule has 0 atom stereocenters. The van der Waals surface area contributed by atoms with Gasteiger partial charge in [0.1, 0.15) is 11.5 Å². The number of hydrogen-bond acceptors (Lipinski definition) is 8. The molecule has 0 aliphatic carbocycles. The van der Waals surface area contributed by atoms with Crippen molar-refractivity contribution in [2.75, 3.05) is 32.3 Å². The minimum atomic E-state index is 0.0331. The normalized spacial score (nSPS) is 10.5. The Kier molecular flexibility index (Phi) is 7.92. The van der Waals surface area contributed by atoms with Gasteiger partial charge in [-0.3, -0.25) is 4.79 Å². The summed E-state index contributed by atoms with van der Waals surface area (Å²) in [6.07, 6.45) is 0. The second-order valence-corrected chi connectivity index (χ2v) is 8.66. The summed E-state index contributed by atoms with van der Waals surface area (Å²) in [7, 11) is 5.08. The van der Waals surface area contributed by atoms with Crippen molar-refractivity contribution < 1.29 is 14.3 Å². The third-order valence-electron chi connectivity index (χ3n) is 4.31. The average molecular weight is 445 g/mol. The van der Waals surface area contributed by atoms with Crippen LogP contribution in [-0.4, -0.2) is 48.0 Å². The van der Waals surface area contributed by atoms with Gasteiger partial charge in [-0.15, -0.1) is 10.2 Å². The van der Waals surface area contributed by atoms with Crippen molar-refractivity contribution in [2.24, 2.45) is 0 Å². The summed E-state index contributed by atoms with van der Waals surface area (Å²) in [6.45, 7) is 1.17. The Morgan fingerprint density at radius 3 is 2.57 bits per heavy atom. The highest BCUT2D eigenvalue weighted by molar-refractivity contribution is 8.01. The number of ether oxygens (including phenoxy) is 2. The zero-order valence-electron chi connectivity index (χ0n) is 17.1. The van der Waals surface area contributed by atoms with E-state index in [0.29, 0.717) is 18.8 Å². The maximum Gasteiger partial charge on any atom is 0.233 e. The van der Waals surface area contributed by atoms with E-state index < -0.39 is 0 Å². The number of anilines is 1. The van der Waals surface area contributed by atoms with Crippen LogP contribution in [0.3, 0.4) is 0 Å². The monoisotopic (exact) mass is 444 g/mol. The fourth-order valence-electron chi connectivity index (χ4n) is 2.63. The van der Waals surface area contributed by atoms with Crippen LogP contribution >= 0.6 is 23.1 Å². The molecule has 1 aromatic heterocycles. The van der Waals surface area contributed by atoms with Crippen LogP contribution in [0.2, 0.25) is 0 Å². The van der Waals surface area contributed by atoms with Crippen molar-refractivity contribution in [3.63, 3.8) is 0 Å². The highest BCUT2D eigenvalue weighted by Crippen LogP contribution is 2.26. The number of amides is 1. The first kappa shape index (κ1) is 21.9. The fraction of sp³-hybridized carbons (Fsp3) is 0.286. The van der Waals surface area contributed by atoms with Crippen LogP contribution < -0.4 is 14.8 Å². The molecule has 0 bridgehead atoms. The largest absolute Gasteiger partial charge is 0.497 e. The first-order valence-corrected chi connectivity index (χ1v) is 11.1. The number of methoxy groups -OCH3 is 2. The van der Waals surface area contributed by atoms with Gasteiger partial charge >= 0.3 is 0 Å². The number of carbonyl (C=O) groups excluding carboxylic acids is 1. The molecule has 3 rings (SSSR count). The van der Waals surface area contributed by atoms with Crippen LogP contribution in [0.4, 0.5) is 5.13 Å². The molecule has 0 saturated heterocycles. The van der Waals surface area contributed by atoms with Gasteiger partial charge in [0.15, 0.2) is 4.34 Å². The van der Waals surface area contributed by atoms with E-state index in [9.17, 15) is 4.79 Å². The number of thioether (sulfide) groups is 1. The number of nitrogens with zero attached hydrogens (tertiary/aromatic N) is 3. The first-order chi connectivity index (χ1) is 14.6. The molecule has 2 aromatic carbocycles. The van der Waals surface area contributed by atoms with Crippen molar-refractivity contribution in [1.29, 1.82) is 0 Å². The molecule has 0 saturated carbocycles. The predicted octanol–water partition coefficient (Wildman–Crippen LogP) is 3.92. The second-order valence-electron chi connectivity index (χ2n) is 6.46. The van der Waals surface area contributed by atoms with Gasteiger partial charge in [-0.25, -0.2) is 0 Å². The molecule has 9 heteroatoms. The topological polar surface area (TPSA) is 76.6 Å². The van der Waals surface area contributed by atoms with Crippen molar-refractivity contribution in [2.45, 2.75) is 17.4 Å². The van der Waals surface area contributed by atoms with Crippen LogP contribution in [-0.2, 0) is 17.9 Å². The van der Waals surface area contributed by atoms with E-state index >= 15 is 0 Å². The van der Waals surface area contributed by atoms with Crippen LogP contribution in [0.5, 0.6) is 11.5 Å². The van der Waals surface area contributed by atoms with Gasteiger partial charge in [0.25, 0.3) is 0 Å². The molecule has 3 aromatic rings. The Bertz CT molecular complexity index is 963. The highest BCUT2D eigenvalue weighted by Gasteiger charge is 2.13. The number of hydrogen-bond donors (Lipinski definition) is 1. The van der Waals surface area contributed by atoms with E-state index in [1.807, 2.05) is 48.5 Å². The van der Waals surface area contributed by atoms with Crippen LogP contribution in [0, 0.1) is 0 Å². The molecular weight excluding hydrogens is 420 g/mol. The second kappa shape index (κ2) is 10.8. The first-order valence-electron chi connectivity index (χ1n) is 9.27. The molecule has 0 aliphatic rings. The zero-order chi connectivity index (χ0) is 21.3. The number of rotatable bonds is 10. The molecule has 7 nitrogen and oxygen atoms in total. The maximum atomic E-state index is 12.4. The molecule has 158 valence electrons. The van der Waals surface area contributed by atoms with Gasteiger partial charge in [-0.2, -0.15) is 0 Å². The lowest BCUT2D eigenvalue weighted by molar-refractivity contribution is -0.127. The lowest BCUT2D eigenvalue weighted by Gasteiger charge is -2.17. The van der Waals surface area contributed by atoms with Gasteiger partial charge < -0.3 is 19.7 Å². The minimum absolute atomic E-state index is 0.0331. The van der Waals surface area contributed by atoms with Crippen molar-refractivity contribution >= 4 is 34.1 Å². The number of nitrogens with one attached hydrogen (secondary N) is 1. The molecule has 0 aliphatic heterocycles. The van der Waals surface area contributed by atoms with Crippen LogP contribution in [0.25, 0.3) is 0 Å². The molecule has 0 radical (unpaired) electrons. The molecule has 30 heavy (non-hydrogen) atoms. The van der Waals surface area contributed by atoms with Gasteiger partial charge in [0.05, 0.1) is 20.0 Å². The van der Waals surface area contributed by atoms with Crippen LogP contribution in [0.1, 0.15) is 11.1 Å². The van der Waals surface area contributed by atoms with Crippen molar-refractivity contribution in [3.05, 3.63) is 59.7 Å². The third kappa shape index (κ3) is 6.36. The molecule has 0 unspecified atom stereocenters. The molecule has 0 spiro atoms. The Morgan fingerprint density at radius 2 is 1.83 bits per heavy atom. The molecule has 1 N–H and O–H groups in total. The number of benzene rings is 2. The van der Waals surface area contributed by atoms with E-state index in [1.54, 1.807) is 26.2 Å². The van der Waals surface area contributed by atoms with Gasteiger partial charge in [0, 0.05) is 20.1 Å². The lowest BCUT2D eigenvalue weighted by Crippen LogP contribution is -2.27. The summed E-state index contributed by atoms with van der Waals surface area (Å²) >= 11 is 2.84. The zero-order valence-corrected chi connectivity index (χ0v) is 18.8. The summed E-state index contributed by atoms with van der Waals surface area (Å²) in [5, 5.41) is 12.3. The summed E-state index contributed by atoms with van der Waals surface area (Å²) in [6, 6.07) is 15.6. The van der Waals surface area contributed by atoms with Gasteiger partial charge in [-0.1, -0.05) is 47.4 Å². The SMILES string of the molecule is COc1ccc(CNc2nnc(SCC(=O)N(C)Cc3cccc(OC)c3)s2)cc1. The molecule has 0 fully saturated rings. The smallest absolute Gasteiger partial charge is 0.233 e. The minimum Gasteiger partial charge on any atom is -0.497 e. The van der Waals surface area contributed by atoms with E-state index in [0.717, 1.165) is 32.1 Å². The fourth-order valence-corrected chi connectivity index (χ4v) is 4.32. The van der Waals surface area contributed by atoms with Crippen molar-refractivity contribution in [3.8, 4) is 11.5 Å². The average Bonchev–Trinajstić information content (AvgIpc) is 3.24. The summed E-state index contributed by atoms with van der Waals surface area (Å²) < 4.78 is 11.2. The molecular formula is C21H24N4O3S2. The predicted molar refractivity (Wildman–Crippen MR) is 120 cm³/mol. The number of aromatic nitrogens is 2. The van der Waals surface area contributed by atoms with Gasteiger partial charge in [-0.05, 0) is 35.4 Å². The Labute approximate surface area is 184 Å². The maximum absolute atomic E-state index is 12.4. The van der Waals surface area contributed by atoms with E-state index in [-0.39, 0.29) is 5.91 Å². The summed E-state index contributed by atoms with van der Waals surface area (Å²) in [5.74, 6) is 1.96. The molecule has 1 amide bonds. The highest BCUT2D eigenvalue weighted by atomic mass is 32.2. The lowest BCUT2D eigenvalue weighted by atomic mass is 10.2. The Balaban J connectivity index is 1.45. The quantitative estimate of drug-likeness (QED) is 0.475. The van der Waals surface area contributed by atoms with Crippen LogP contribution in [0.15, 0.2) is 52.9 Å².